The Balaban J connectivity index is 1.72. The molecule has 0 radical (unpaired) electrons. The topological polar surface area (TPSA) is 58.8 Å². The summed E-state index contributed by atoms with van der Waals surface area (Å²) in [5.74, 6) is 1.84. The number of ether oxygens (including phenoxy) is 1. The maximum atomic E-state index is 5.57. The third kappa shape index (κ3) is 4.95. The molecular weight excluding hydrogens is 242 g/mol. The van der Waals surface area contributed by atoms with E-state index in [1.807, 2.05) is 12.1 Å². The van der Waals surface area contributed by atoms with Gasteiger partial charge < -0.3 is 19.8 Å². The van der Waals surface area contributed by atoms with Gasteiger partial charge in [0.15, 0.2) is 5.96 Å². The van der Waals surface area contributed by atoms with Crippen LogP contribution in [-0.4, -0.2) is 38.3 Å². The number of hydrogen-bond acceptors (Lipinski definition) is 3. The Morgan fingerprint density at radius 3 is 3.11 bits per heavy atom. The minimum absolute atomic E-state index is 0.292. The first-order valence-electron chi connectivity index (χ1n) is 7.04. The van der Waals surface area contributed by atoms with Crippen molar-refractivity contribution in [1.82, 2.24) is 10.6 Å². The third-order valence-corrected chi connectivity index (χ3v) is 3.07. The highest BCUT2D eigenvalue weighted by molar-refractivity contribution is 5.79. The predicted octanol–water partition coefficient (Wildman–Crippen LogP) is 1.56. The van der Waals surface area contributed by atoms with Crippen LogP contribution in [0.3, 0.4) is 0 Å². The number of aliphatic imine (C=N–C) groups is 1. The van der Waals surface area contributed by atoms with Gasteiger partial charge in [0.25, 0.3) is 0 Å². The van der Waals surface area contributed by atoms with Gasteiger partial charge >= 0.3 is 0 Å². The number of guanidine groups is 1. The molecule has 2 N–H and O–H groups in total. The fourth-order valence-electron chi connectivity index (χ4n) is 2.08. The highest BCUT2D eigenvalue weighted by Crippen LogP contribution is 2.11. The molecule has 5 heteroatoms. The molecule has 1 unspecified atom stereocenters. The van der Waals surface area contributed by atoms with E-state index in [0.29, 0.717) is 6.10 Å². The lowest BCUT2D eigenvalue weighted by molar-refractivity contribution is 0.117. The van der Waals surface area contributed by atoms with Crippen LogP contribution in [0, 0.1) is 0 Å². The normalized spacial score (nSPS) is 19.6. The molecule has 1 aliphatic heterocycles. The van der Waals surface area contributed by atoms with Gasteiger partial charge in [-0.3, -0.25) is 4.99 Å². The molecule has 1 aromatic heterocycles. The van der Waals surface area contributed by atoms with E-state index in [1.165, 1.54) is 0 Å². The van der Waals surface area contributed by atoms with Crippen molar-refractivity contribution in [3.63, 3.8) is 0 Å². The summed E-state index contributed by atoms with van der Waals surface area (Å²) in [6.45, 7) is 5.34. The molecule has 0 spiro atoms. The van der Waals surface area contributed by atoms with Crippen molar-refractivity contribution in [2.75, 3.05) is 26.2 Å². The highest BCUT2D eigenvalue weighted by atomic mass is 16.5. The van der Waals surface area contributed by atoms with Gasteiger partial charge in [0.05, 0.1) is 18.9 Å². The molecule has 106 valence electrons. The number of nitrogens with zero attached hydrogens (tertiary/aromatic N) is 1. The van der Waals surface area contributed by atoms with Crippen LogP contribution in [0.15, 0.2) is 27.8 Å². The first-order valence-corrected chi connectivity index (χ1v) is 7.04. The van der Waals surface area contributed by atoms with Crippen LogP contribution >= 0.6 is 0 Å². The zero-order valence-corrected chi connectivity index (χ0v) is 11.5. The molecule has 1 aromatic rings. The monoisotopic (exact) mass is 265 g/mol. The molecule has 0 aliphatic carbocycles. The van der Waals surface area contributed by atoms with E-state index in [2.05, 4.69) is 22.5 Å². The minimum atomic E-state index is 0.292. The summed E-state index contributed by atoms with van der Waals surface area (Å²) < 4.78 is 10.9. The first-order chi connectivity index (χ1) is 9.38. The summed E-state index contributed by atoms with van der Waals surface area (Å²) in [6, 6.07) is 3.89. The average molecular weight is 265 g/mol. The quantitative estimate of drug-likeness (QED) is 0.605. The van der Waals surface area contributed by atoms with Crippen molar-refractivity contribution in [3.8, 4) is 0 Å². The van der Waals surface area contributed by atoms with Gasteiger partial charge in [0.1, 0.15) is 5.76 Å². The fourth-order valence-corrected chi connectivity index (χ4v) is 2.08. The third-order valence-electron chi connectivity index (χ3n) is 3.07. The van der Waals surface area contributed by atoms with Crippen molar-refractivity contribution in [2.24, 2.45) is 4.99 Å². The summed E-state index contributed by atoms with van der Waals surface area (Å²) >= 11 is 0. The zero-order chi connectivity index (χ0) is 13.3. The van der Waals surface area contributed by atoms with Gasteiger partial charge in [-0.15, -0.1) is 0 Å². The fraction of sp³-hybridized carbons (Fsp3) is 0.643. The SMILES string of the molecule is CCNC(=NCC1CCCO1)NCCc1ccco1. The average Bonchev–Trinajstić information content (AvgIpc) is 3.09. The second kappa shape index (κ2) is 7.84. The van der Waals surface area contributed by atoms with Crippen molar-refractivity contribution in [1.29, 1.82) is 0 Å². The van der Waals surface area contributed by atoms with Gasteiger partial charge in [-0.25, -0.2) is 0 Å². The molecule has 1 atom stereocenters. The molecule has 1 aliphatic rings. The Morgan fingerprint density at radius 1 is 1.47 bits per heavy atom. The summed E-state index contributed by atoms with van der Waals surface area (Å²) in [5, 5.41) is 6.55. The highest BCUT2D eigenvalue weighted by Gasteiger charge is 2.14. The Morgan fingerprint density at radius 2 is 2.42 bits per heavy atom. The van der Waals surface area contributed by atoms with Gasteiger partial charge in [-0.05, 0) is 31.9 Å². The maximum absolute atomic E-state index is 5.57. The first kappa shape index (κ1) is 13.9. The minimum Gasteiger partial charge on any atom is -0.469 e. The van der Waals surface area contributed by atoms with E-state index in [1.54, 1.807) is 6.26 Å². The predicted molar refractivity (Wildman–Crippen MR) is 75.4 cm³/mol. The summed E-state index contributed by atoms with van der Waals surface area (Å²) in [7, 11) is 0. The van der Waals surface area contributed by atoms with Gasteiger partial charge in [-0.1, -0.05) is 0 Å². The molecule has 0 saturated carbocycles. The molecule has 2 heterocycles. The molecule has 1 fully saturated rings. The molecule has 5 nitrogen and oxygen atoms in total. The van der Waals surface area contributed by atoms with Crippen LogP contribution in [0.4, 0.5) is 0 Å². The maximum Gasteiger partial charge on any atom is 0.191 e. The number of furan rings is 1. The van der Waals surface area contributed by atoms with Crippen LogP contribution < -0.4 is 10.6 Å². The molecule has 1 saturated heterocycles. The van der Waals surface area contributed by atoms with Gasteiger partial charge in [0.2, 0.25) is 0 Å². The van der Waals surface area contributed by atoms with Crippen molar-refractivity contribution >= 4 is 5.96 Å². The molecule has 2 rings (SSSR count). The Labute approximate surface area is 114 Å². The van der Waals surface area contributed by atoms with Crippen LogP contribution in [0.2, 0.25) is 0 Å². The van der Waals surface area contributed by atoms with Crippen LogP contribution in [0.5, 0.6) is 0 Å². The molecule has 0 aromatic carbocycles. The van der Waals surface area contributed by atoms with Crippen LogP contribution in [0.25, 0.3) is 0 Å². The number of rotatable bonds is 6. The molecule has 0 amide bonds. The van der Waals surface area contributed by atoms with E-state index in [9.17, 15) is 0 Å². The second-order valence-electron chi connectivity index (χ2n) is 4.61. The Kier molecular flexibility index (Phi) is 5.75. The van der Waals surface area contributed by atoms with Crippen molar-refractivity contribution in [2.45, 2.75) is 32.3 Å². The second-order valence-corrected chi connectivity index (χ2v) is 4.61. The smallest absolute Gasteiger partial charge is 0.191 e. The molecule has 19 heavy (non-hydrogen) atoms. The van der Waals surface area contributed by atoms with E-state index in [4.69, 9.17) is 9.15 Å². The summed E-state index contributed by atoms with van der Waals surface area (Å²) in [4.78, 5) is 4.55. The number of nitrogens with one attached hydrogen (secondary N) is 2. The summed E-state index contributed by atoms with van der Waals surface area (Å²) in [6.07, 6.45) is 5.13. The lowest BCUT2D eigenvalue weighted by Gasteiger charge is -2.12. The molecular formula is C14H23N3O2. The van der Waals surface area contributed by atoms with Gasteiger partial charge in [0, 0.05) is 26.1 Å². The Bertz CT molecular complexity index is 370. The zero-order valence-electron chi connectivity index (χ0n) is 11.5. The standard InChI is InChI=1S/C14H23N3O2/c1-2-15-14(17-11-13-6-4-10-19-13)16-8-7-12-5-3-9-18-12/h3,5,9,13H,2,4,6-8,10-11H2,1H3,(H2,15,16,17). The van der Waals surface area contributed by atoms with Gasteiger partial charge in [-0.2, -0.15) is 0 Å². The number of hydrogen-bond donors (Lipinski definition) is 2. The van der Waals surface area contributed by atoms with Crippen molar-refractivity contribution < 1.29 is 9.15 Å². The lowest BCUT2D eigenvalue weighted by atomic mass is 10.2. The molecule has 0 bridgehead atoms. The van der Waals surface area contributed by atoms with Crippen molar-refractivity contribution in [3.05, 3.63) is 24.2 Å². The van der Waals surface area contributed by atoms with E-state index in [0.717, 1.165) is 57.2 Å². The lowest BCUT2D eigenvalue weighted by Crippen LogP contribution is -2.38. The van der Waals surface area contributed by atoms with E-state index >= 15 is 0 Å². The van der Waals surface area contributed by atoms with E-state index in [-0.39, 0.29) is 0 Å². The van der Waals surface area contributed by atoms with Crippen LogP contribution in [0.1, 0.15) is 25.5 Å². The van der Waals surface area contributed by atoms with E-state index < -0.39 is 0 Å². The Hall–Kier alpha value is -1.49. The summed E-state index contributed by atoms with van der Waals surface area (Å²) in [5.41, 5.74) is 0. The van der Waals surface area contributed by atoms with Crippen LogP contribution in [-0.2, 0) is 11.2 Å². The largest absolute Gasteiger partial charge is 0.469 e.